The van der Waals surface area contributed by atoms with Crippen LogP contribution in [0.3, 0.4) is 0 Å². The fraction of sp³-hybridized carbons (Fsp3) is 0.909. The summed E-state index contributed by atoms with van der Waals surface area (Å²) in [6.45, 7) is 4.25. The third-order valence-electron chi connectivity index (χ3n) is 12.7. The van der Waals surface area contributed by atoms with Crippen LogP contribution in [-0.2, 0) is 4.79 Å². The van der Waals surface area contributed by atoms with Gasteiger partial charge in [0.15, 0.2) is 0 Å². The number of unbranched alkanes of at least 4 members (excludes halogenated alkanes) is 39. The van der Waals surface area contributed by atoms with Gasteiger partial charge in [0.05, 0.1) is 31.3 Å². The lowest BCUT2D eigenvalue weighted by molar-refractivity contribution is -0.124. The smallest absolute Gasteiger partial charge is 0.222 e. The Kier molecular flexibility index (Phi) is 49.5. The summed E-state index contributed by atoms with van der Waals surface area (Å²) in [6.07, 6.45) is 63.6. The number of carbonyl (C=O) groups excluding carboxylic acids is 1. The number of amides is 1. The SMILES string of the molecule is CCCCCCCCCCCCC/C=C\CCCCCCCC(O)CC(=O)NC(CO)C(O)/C=C/CCCCCCCCCCCCCCCCCCCCCCCCC. The van der Waals surface area contributed by atoms with E-state index < -0.39 is 18.2 Å². The average Bonchev–Trinajstić information content (AvgIpc) is 3.24. The zero-order valence-electron chi connectivity index (χ0n) is 40.6. The van der Waals surface area contributed by atoms with Gasteiger partial charge in [0.2, 0.25) is 5.91 Å². The molecule has 0 fully saturated rings. The Morgan fingerprint density at radius 2 is 0.700 bits per heavy atom. The van der Waals surface area contributed by atoms with Crippen molar-refractivity contribution in [3.8, 4) is 0 Å². The molecule has 5 heteroatoms. The van der Waals surface area contributed by atoms with Gasteiger partial charge >= 0.3 is 0 Å². The van der Waals surface area contributed by atoms with Crippen molar-refractivity contribution in [3.05, 3.63) is 24.3 Å². The molecule has 0 bridgehead atoms. The maximum atomic E-state index is 12.5. The molecule has 0 aromatic carbocycles. The minimum absolute atomic E-state index is 0.0103. The van der Waals surface area contributed by atoms with E-state index in [0.29, 0.717) is 6.42 Å². The maximum Gasteiger partial charge on any atom is 0.222 e. The first-order chi connectivity index (χ1) is 29.5. The number of carbonyl (C=O) groups is 1. The molecule has 356 valence electrons. The summed E-state index contributed by atoms with van der Waals surface area (Å²) in [6, 6.07) is -0.746. The molecule has 0 saturated carbocycles. The highest BCUT2D eigenvalue weighted by Gasteiger charge is 2.20. The summed E-state index contributed by atoms with van der Waals surface area (Å²) in [7, 11) is 0. The van der Waals surface area contributed by atoms with E-state index in [1.165, 1.54) is 231 Å². The number of nitrogens with one attached hydrogen (secondary N) is 1. The van der Waals surface area contributed by atoms with E-state index in [0.717, 1.165) is 38.5 Å². The highest BCUT2D eigenvalue weighted by Crippen LogP contribution is 2.17. The molecule has 4 N–H and O–H groups in total. The van der Waals surface area contributed by atoms with Gasteiger partial charge in [0.25, 0.3) is 0 Å². The third kappa shape index (κ3) is 46.3. The topological polar surface area (TPSA) is 89.8 Å². The Labute approximate surface area is 375 Å². The van der Waals surface area contributed by atoms with Crippen LogP contribution >= 0.6 is 0 Å². The van der Waals surface area contributed by atoms with Gasteiger partial charge in [-0.3, -0.25) is 4.79 Å². The molecule has 0 saturated heterocycles. The molecule has 3 atom stereocenters. The molecule has 3 unspecified atom stereocenters. The van der Waals surface area contributed by atoms with E-state index in [1.54, 1.807) is 6.08 Å². The van der Waals surface area contributed by atoms with Crippen molar-refractivity contribution in [2.45, 2.75) is 315 Å². The average molecular weight is 846 g/mol. The molecule has 5 nitrogen and oxygen atoms in total. The minimum Gasteiger partial charge on any atom is -0.394 e. The molecule has 0 aliphatic rings. The summed E-state index contributed by atoms with van der Waals surface area (Å²) in [5.41, 5.74) is 0. The lowest BCUT2D eigenvalue weighted by Gasteiger charge is -2.21. The fourth-order valence-corrected chi connectivity index (χ4v) is 8.57. The molecular weight excluding hydrogens is 739 g/mol. The first kappa shape index (κ1) is 58.8. The molecule has 0 radical (unpaired) electrons. The van der Waals surface area contributed by atoms with Crippen LogP contribution in [0, 0.1) is 0 Å². The largest absolute Gasteiger partial charge is 0.394 e. The van der Waals surface area contributed by atoms with Crippen LogP contribution in [0.5, 0.6) is 0 Å². The first-order valence-electron chi connectivity index (χ1n) is 27.1. The second-order valence-corrected chi connectivity index (χ2v) is 18.8. The molecule has 0 aliphatic carbocycles. The number of aliphatic hydroxyl groups excluding tert-OH is 3. The quantitative estimate of drug-likeness (QED) is 0.0363. The van der Waals surface area contributed by atoms with E-state index in [-0.39, 0.29) is 18.9 Å². The molecule has 0 spiro atoms. The lowest BCUT2D eigenvalue weighted by atomic mass is 10.0. The van der Waals surface area contributed by atoms with Crippen molar-refractivity contribution < 1.29 is 20.1 Å². The van der Waals surface area contributed by atoms with E-state index in [1.807, 2.05) is 6.08 Å². The minimum atomic E-state index is -0.931. The predicted molar refractivity (Wildman–Crippen MR) is 264 cm³/mol. The van der Waals surface area contributed by atoms with Gasteiger partial charge in [-0.1, -0.05) is 269 Å². The van der Waals surface area contributed by atoms with E-state index >= 15 is 0 Å². The number of hydrogen-bond acceptors (Lipinski definition) is 4. The summed E-state index contributed by atoms with van der Waals surface area (Å²) in [4.78, 5) is 12.5. The Balaban J connectivity index is 3.58. The summed E-state index contributed by atoms with van der Waals surface area (Å²) in [5, 5.41) is 33.4. The summed E-state index contributed by atoms with van der Waals surface area (Å²) >= 11 is 0. The van der Waals surface area contributed by atoms with Gasteiger partial charge in [0, 0.05) is 0 Å². The van der Waals surface area contributed by atoms with Crippen molar-refractivity contribution in [1.29, 1.82) is 0 Å². The van der Waals surface area contributed by atoms with Crippen molar-refractivity contribution in [2.75, 3.05) is 6.61 Å². The van der Waals surface area contributed by atoms with Gasteiger partial charge in [-0.05, 0) is 44.9 Å². The molecule has 0 rings (SSSR count). The van der Waals surface area contributed by atoms with Gasteiger partial charge in [0.1, 0.15) is 0 Å². The van der Waals surface area contributed by atoms with Gasteiger partial charge in [-0.25, -0.2) is 0 Å². The van der Waals surface area contributed by atoms with Crippen LogP contribution in [0.1, 0.15) is 296 Å². The zero-order chi connectivity index (χ0) is 43.7. The van der Waals surface area contributed by atoms with Gasteiger partial charge in [-0.15, -0.1) is 0 Å². The van der Waals surface area contributed by atoms with Gasteiger partial charge in [-0.2, -0.15) is 0 Å². The lowest BCUT2D eigenvalue weighted by Crippen LogP contribution is -2.45. The van der Waals surface area contributed by atoms with Crippen LogP contribution in [0.25, 0.3) is 0 Å². The monoisotopic (exact) mass is 846 g/mol. The predicted octanol–water partition coefficient (Wildman–Crippen LogP) is 16.5. The number of hydrogen-bond donors (Lipinski definition) is 4. The van der Waals surface area contributed by atoms with Crippen molar-refractivity contribution in [3.63, 3.8) is 0 Å². The molecule has 0 aromatic rings. The Morgan fingerprint density at radius 1 is 0.417 bits per heavy atom. The van der Waals surface area contributed by atoms with Crippen LogP contribution < -0.4 is 5.32 Å². The van der Waals surface area contributed by atoms with Crippen molar-refractivity contribution >= 4 is 5.91 Å². The van der Waals surface area contributed by atoms with Crippen LogP contribution in [0.4, 0.5) is 0 Å². The normalized spacial score (nSPS) is 13.5. The Bertz CT molecular complexity index is 890. The fourth-order valence-electron chi connectivity index (χ4n) is 8.57. The second kappa shape index (κ2) is 50.5. The van der Waals surface area contributed by atoms with Crippen LogP contribution in [0.15, 0.2) is 24.3 Å². The Morgan fingerprint density at radius 3 is 1.02 bits per heavy atom. The zero-order valence-corrected chi connectivity index (χ0v) is 40.6. The first-order valence-corrected chi connectivity index (χ1v) is 27.1. The highest BCUT2D eigenvalue weighted by atomic mass is 16.3. The van der Waals surface area contributed by atoms with Gasteiger partial charge < -0.3 is 20.6 Å². The van der Waals surface area contributed by atoms with E-state index in [9.17, 15) is 20.1 Å². The third-order valence-corrected chi connectivity index (χ3v) is 12.7. The number of allylic oxidation sites excluding steroid dienone is 3. The number of aliphatic hydroxyl groups is 3. The molecule has 0 aromatic heterocycles. The molecular formula is C55H107NO4. The van der Waals surface area contributed by atoms with Crippen LogP contribution in [0.2, 0.25) is 0 Å². The summed E-state index contributed by atoms with van der Waals surface area (Å²) < 4.78 is 0. The standard InChI is InChI=1S/C55H107NO4/c1-3-5-7-9-11-13-15-17-19-21-23-25-26-27-28-29-31-33-35-37-39-41-43-45-47-49-54(59)53(51-57)56-55(60)50-52(58)48-46-44-42-40-38-36-34-32-30-24-22-20-18-16-14-12-10-8-6-4-2/h32,34,47,49,52-54,57-59H,3-31,33,35-46,48,50-51H2,1-2H3,(H,56,60)/b34-32-,49-47+. The number of rotatable bonds is 50. The van der Waals surface area contributed by atoms with E-state index in [4.69, 9.17) is 0 Å². The van der Waals surface area contributed by atoms with Crippen molar-refractivity contribution in [2.24, 2.45) is 0 Å². The molecule has 1 amide bonds. The Hall–Kier alpha value is -1.17. The van der Waals surface area contributed by atoms with Crippen LogP contribution in [-0.4, -0.2) is 46.1 Å². The summed E-state index contributed by atoms with van der Waals surface area (Å²) in [5.74, 6) is -0.316. The maximum absolute atomic E-state index is 12.5. The molecule has 60 heavy (non-hydrogen) atoms. The molecule has 0 heterocycles. The van der Waals surface area contributed by atoms with Crippen molar-refractivity contribution in [1.82, 2.24) is 5.32 Å². The van der Waals surface area contributed by atoms with E-state index in [2.05, 4.69) is 31.3 Å². The highest BCUT2D eigenvalue weighted by molar-refractivity contribution is 5.76. The molecule has 0 aliphatic heterocycles. The second-order valence-electron chi connectivity index (χ2n) is 18.8.